The van der Waals surface area contributed by atoms with E-state index in [1.165, 1.54) is 6.92 Å². The minimum atomic E-state index is -4.60. The molecule has 0 fully saturated rings. The van der Waals surface area contributed by atoms with Gasteiger partial charge >= 0.3 is 6.36 Å². The van der Waals surface area contributed by atoms with Crippen LogP contribution in [-0.2, 0) is 9.53 Å². The summed E-state index contributed by atoms with van der Waals surface area (Å²) in [5, 5.41) is 0. The highest BCUT2D eigenvalue weighted by Crippen LogP contribution is 2.20. The lowest BCUT2D eigenvalue weighted by atomic mass is 9.89. The fraction of sp³-hybridized carbons (Fsp3) is 0.889. The van der Waals surface area contributed by atoms with Crippen LogP contribution in [0.4, 0.5) is 13.2 Å². The number of Topliss-reactive ketones (excluding diaryl/α,β-unsaturated/α-hetero) is 1. The number of carbonyl (C=O) groups excluding carboxylic acids is 1. The Balaban J connectivity index is 3.90. The smallest absolute Gasteiger partial charge is 0.300 e. The van der Waals surface area contributed by atoms with Gasteiger partial charge in [0.1, 0.15) is 5.78 Å². The van der Waals surface area contributed by atoms with Gasteiger partial charge in [0.2, 0.25) is 0 Å². The Labute approximate surface area is 81.4 Å². The quantitative estimate of drug-likeness (QED) is 0.700. The van der Waals surface area contributed by atoms with Gasteiger partial charge in [-0.05, 0) is 19.3 Å². The molecule has 0 bridgehead atoms. The van der Waals surface area contributed by atoms with Gasteiger partial charge in [0.05, 0.1) is 6.61 Å². The molecule has 0 spiro atoms. The van der Waals surface area contributed by atoms with Crippen molar-refractivity contribution in [3.63, 3.8) is 0 Å². The Hall–Kier alpha value is -0.580. The Morgan fingerprint density at radius 3 is 2.14 bits per heavy atom. The van der Waals surface area contributed by atoms with Crippen LogP contribution in [0.1, 0.15) is 27.2 Å². The van der Waals surface area contributed by atoms with Crippen molar-refractivity contribution in [3.8, 4) is 0 Å². The number of ether oxygens (including phenoxy) is 1. The standard InChI is InChI=1S/C9H15F3O2/c1-6(2)8(7(3)13)4-5-14-9(10,11)12/h6,8H,4-5H2,1-3H3. The first-order valence-corrected chi connectivity index (χ1v) is 4.45. The molecule has 0 aromatic rings. The molecule has 0 aliphatic carbocycles. The minimum absolute atomic E-state index is 0.0457. The molecule has 2 nitrogen and oxygen atoms in total. The lowest BCUT2D eigenvalue weighted by Gasteiger charge is -2.17. The van der Waals surface area contributed by atoms with E-state index in [0.29, 0.717) is 0 Å². The van der Waals surface area contributed by atoms with Crippen molar-refractivity contribution >= 4 is 5.78 Å². The van der Waals surface area contributed by atoms with Crippen LogP contribution in [0.15, 0.2) is 0 Å². The highest BCUT2D eigenvalue weighted by Gasteiger charge is 2.29. The second-order valence-corrected chi connectivity index (χ2v) is 3.54. The maximum Gasteiger partial charge on any atom is 0.522 e. The zero-order chi connectivity index (χ0) is 11.4. The molecule has 84 valence electrons. The van der Waals surface area contributed by atoms with Gasteiger partial charge in [-0.3, -0.25) is 9.53 Å². The number of carbonyl (C=O) groups is 1. The Kier molecular flexibility index (Phi) is 5.12. The second kappa shape index (κ2) is 5.34. The third-order valence-corrected chi connectivity index (χ3v) is 2.02. The van der Waals surface area contributed by atoms with E-state index in [-0.39, 0.29) is 24.0 Å². The van der Waals surface area contributed by atoms with Crippen molar-refractivity contribution in [2.45, 2.75) is 33.6 Å². The average molecular weight is 212 g/mol. The number of hydrogen-bond acceptors (Lipinski definition) is 2. The molecule has 0 aliphatic rings. The van der Waals surface area contributed by atoms with Crippen molar-refractivity contribution in [2.24, 2.45) is 11.8 Å². The van der Waals surface area contributed by atoms with Crippen molar-refractivity contribution in [3.05, 3.63) is 0 Å². The predicted octanol–water partition coefficient (Wildman–Crippen LogP) is 2.77. The van der Waals surface area contributed by atoms with Gasteiger partial charge in [-0.15, -0.1) is 13.2 Å². The van der Waals surface area contributed by atoms with Crippen molar-refractivity contribution in [2.75, 3.05) is 6.61 Å². The number of halogens is 3. The molecule has 0 N–H and O–H groups in total. The SMILES string of the molecule is CC(=O)C(CCOC(F)(F)F)C(C)C. The molecule has 0 heterocycles. The van der Waals surface area contributed by atoms with E-state index in [1.807, 2.05) is 0 Å². The van der Waals surface area contributed by atoms with E-state index in [4.69, 9.17) is 0 Å². The molecule has 5 heteroatoms. The lowest BCUT2D eigenvalue weighted by molar-refractivity contribution is -0.325. The molecule has 0 amide bonds. The van der Waals surface area contributed by atoms with Crippen LogP contribution in [0, 0.1) is 11.8 Å². The van der Waals surface area contributed by atoms with Crippen molar-refractivity contribution in [1.29, 1.82) is 0 Å². The summed E-state index contributed by atoms with van der Waals surface area (Å²) in [7, 11) is 0. The lowest BCUT2D eigenvalue weighted by Crippen LogP contribution is -2.22. The molecule has 0 saturated heterocycles. The largest absolute Gasteiger partial charge is 0.522 e. The summed E-state index contributed by atoms with van der Waals surface area (Å²) in [5.74, 6) is -0.396. The molecule has 0 aromatic carbocycles. The fourth-order valence-corrected chi connectivity index (χ4v) is 1.31. The summed E-state index contributed by atoms with van der Waals surface area (Å²) in [6.07, 6.45) is -4.48. The monoisotopic (exact) mass is 212 g/mol. The van der Waals surface area contributed by atoms with Crippen LogP contribution in [0.25, 0.3) is 0 Å². The van der Waals surface area contributed by atoms with Crippen LogP contribution in [0.3, 0.4) is 0 Å². The van der Waals surface area contributed by atoms with Crippen LogP contribution in [0.5, 0.6) is 0 Å². The summed E-state index contributed by atoms with van der Waals surface area (Å²) in [4.78, 5) is 11.0. The van der Waals surface area contributed by atoms with Gasteiger partial charge in [-0.2, -0.15) is 0 Å². The normalized spacial score (nSPS) is 14.5. The molecule has 14 heavy (non-hydrogen) atoms. The molecule has 0 aromatic heterocycles. The zero-order valence-electron chi connectivity index (χ0n) is 8.52. The van der Waals surface area contributed by atoms with Crippen LogP contribution in [-0.4, -0.2) is 18.8 Å². The summed E-state index contributed by atoms with van der Waals surface area (Å²) >= 11 is 0. The van der Waals surface area contributed by atoms with E-state index < -0.39 is 13.0 Å². The van der Waals surface area contributed by atoms with Gasteiger partial charge in [-0.1, -0.05) is 13.8 Å². The highest BCUT2D eigenvalue weighted by molar-refractivity contribution is 5.78. The molecule has 0 rings (SSSR count). The summed E-state index contributed by atoms with van der Waals surface area (Å²) in [6.45, 7) is 4.55. The number of ketones is 1. The first-order valence-electron chi connectivity index (χ1n) is 4.45. The summed E-state index contributed by atoms with van der Waals surface area (Å²) < 4.78 is 38.4. The maximum absolute atomic E-state index is 11.6. The Bertz CT molecular complexity index is 187. The third-order valence-electron chi connectivity index (χ3n) is 2.02. The van der Waals surface area contributed by atoms with E-state index in [1.54, 1.807) is 13.8 Å². The number of hydrogen-bond donors (Lipinski definition) is 0. The number of alkyl halides is 3. The van der Waals surface area contributed by atoms with Gasteiger partial charge < -0.3 is 0 Å². The molecular weight excluding hydrogens is 197 g/mol. The first-order chi connectivity index (χ1) is 6.24. The minimum Gasteiger partial charge on any atom is -0.300 e. The van der Waals surface area contributed by atoms with E-state index >= 15 is 0 Å². The zero-order valence-corrected chi connectivity index (χ0v) is 8.52. The predicted molar refractivity (Wildman–Crippen MR) is 45.6 cm³/mol. The van der Waals surface area contributed by atoms with Crippen LogP contribution < -0.4 is 0 Å². The first kappa shape index (κ1) is 13.4. The molecule has 0 radical (unpaired) electrons. The van der Waals surface area contributed by atoms with Crippen LogP contribution in [0.2, 0.25) is 0 Å². The van der Waals surface area contributed by atoms with Gasteiger partial charge in [-0.25, -0.2) is 0 Å². The maximum atomic E-state index is 11.6. The fourth-order valence-electron chi connectivity index (χ4n) is 1.31. The molecule has 1 unspecified atom stereocenters. The molecular formula is C9H15F3O2. The van der Waals surface area contributed by atoms with Gasteiger partial charge in [0.15, 0.2) is 0 Å². The molecule has 1 atom stereocenters. The second-order valence-electron chi connectivity index (χ2n) is 3.54. The highest BCUT2D eigenvalue weighted by atomic mass is 19.4. The molecule has 0 aliphatic heterocycles. The van der Waals surface area contributed by atoms with Crippen LogP contribution >= 0.6 is 0 Å². The van der Waals surface area contributed by atoms with E-state index in [9.17, 15) is 18.0 Å². The van der Waals surface area contributed by atoms with E-state index in [2.05, 4.69) is 4.74 Å². The van der Waals surface area contributed by atoms with Gasteiger partial charge in [0.25, 0.3) is 0 Å². The topological polar surface area (TPSA) is 26.3 Å². The van der Waals surface area contributed by atoms with Crippen molar-refractivity contribution < 1.29 is 22.7 Å². The Morgan fingerprint density at radius 1 is 1.36 bits per heavy atom. The number of rotatable bonds is 5. The summed E-state index contributed by atoms with van der Waals surface area (Å²) in [6, 6.07) is 0. The van der Waals surface area contributed by atoms with E-state index in [0.717, 1.165) is 0 Å². The average Bonchev–Trinajstić information content (AvgIpc) is 1.94. The van der Waals surface area contributed by atoms with Gasteiger partial charge in [0, 0.05) is 5.92 Å². The summed E-state index contributed by atoms with van der Waals surface area (Å²) in [5.41, 5.74) is 0. The Morgan fingerprint density at radius 2 is 1.86 bits per heavy atom. The molecule has 0 saturated carbocycles. The third kappa shape index (κ3) is 5.96. The van der Waals surface area contributed by atoms with Crippen molar-refractivity contribution in [1.82, 2.24) is 0 Å².